The van der Waals surface area contributed by atoms with Gasteiger partial charge in [-0.3, -0.25) is 10.1 Å². The van der Waals surface area contributed by atoms with Crippen molar-refractivity contribution >= 4 is 34.0 Å². The largest absolute Gasteiger partial charge is 0.479 e. The van der Waals surface area contributed by atoms with Gasteiger partial charge in [0.1, 0.15) is 0 Å². The second-order valence-corrected chi connectivity index (χ2v) is 4.48. The first-order valence-electron chi connectivity index (χ1n) is 4.66. The third-order valence-corrected chi connectivity index (χ3v) is 3.04. The molecule has 0 fully saturated rings. The van der Waals surface area contributed by atoms with Gasteiger partial charge in [-0.05, 0) is 24.7 Å². The number of rotatable bonds is 4. The van der Waals surface area contributed by atoms with E-state index in [0.717, 1.165) is 5.56 Å². The first kappa shape index (κ1) is 12.9. The van der Waals surface area contributed by atoms with Crippen molar-refractivity contribution in [2.75, 3.05) is 6.61 Å². The van der Waals surface area contributed by atoms with Gasteiger partial charge in [-0.1, -0.05) is 23.9 Å². The number of benzene rings is 1. The Morgan fingerprint density at radius 3 is 3.00 bits per heavy atom. The minimum absolute atomic E-state index is 0.0976. The van der Waals surface area contributed by atoms with Crippen LogP contribution in [0.2, 0.25) is 0 Å². The summed E-state index contributed by atoms with van der Waals surface area (Å²) < 4.78 is 5.57. The van der Waals surface area contributed by atoms with Crippen LogP contribution in [0.15, 0.2) is 24.3 Å². The number of nitro benzene ring substituents is 1. The number of ether oxygens (including phenoxy) is 1. The average Bonchev–Trinajstić information content (AvgIpc) is 2.27. The minimum Gasteiger partial charge on any atom is -0.479 e. The summed E-state index contributed by atoms with van der Waals surface area (Å²) >= 11 is 6.30. The zero-order chi connectivity index (χ0) is 12.0. The zero-order valence-electron chi connectivity index (χ0n) is 8.71. The zero-order valence-corrected chi connectivity index (χ0v) is 10.3. The third kappa shape index (κ3) is 4.16. The highest BCUT2D eigenvalue weighted by Crippen LogP contribution is 2.19. The van der Waals surface area contributed by atoms with Crippen molar-refractivity contribution in [3.05, 3.63) is 39.9 Å². The number of nitrogens with zero attached hydrogens (tertiary/aromatic N) is 1. The second-order valence-electron chi connectivity index (χ2n) is 2.90. The smallest absolute Gasteiger partial charge is 0.269 e. The van der Waals surface area contributed by atoms with Crippen LogP contribution in [0.3, 0.4) is 0 Å². The summed E-state index contributed by atoms with van der Waals surface area (Å²) in [6, 6.07) is 6.50. The summed E-state index contributed by atoms with van der Waals surface area (Å²) in [7, 11) is 0. The molecule has 0 spiro atoms. The summed E-state index contributed by atoms with van der Waals surface area (Å²) in [5, 5.41) is 10.5. The van der Waals surface area contributed by atoms with E-state index in [-0.39, 0.29) is 5.69 Å². The van der Waals surface area contributed by atoms with Crippen molar-refractivity contribution in [3.8, 4) is 0 Å². The summed E-state index contributed by atoms with van der Waals surface area (Å²) in [5.41, 5.74) is 0.960. The van der Waals surface area contributed by atoms with E-state index in [2.05, 4.69) is 0 Å². The Labute approximate surface area is 103 Å². The van der Waals surface area contributed by atoms with Crippen molar-refractivity contribution in [3.63, 3.8) is 0 Å². The molecule has 0 aliphatic heterocycles. The van der Waals surface area contributed by atoms with Crippen molar-refractivity contribution < 1.29 is 9.66 Å². The fraction of sp³-hybridized carbons (Fsp3) is 0.300. The van der Waals surface area contributed by atoms with Gasteiger partial charge >= 0.3 is 0 Å². The molecule has 0 aliphatic carbocycles. The maximum Gasteiger partial charge on any atom is 0.269 e. The molecule has 0 unspecified atom stereocenters. The molecule has 0 amide bonds. The van der Waals surface area contributed by atoms with E-state index >= 15 is 0 Å². The van der Waals surface area contributed by atoms with Crippen LogP contribution in [0.4, 0.5) is 5.69 Å². The van der Waals surface area contributed by atoms with Gasteiger partial charge in [0, 0.05) is 17.9 Å². The van der Waals surface area contributed by atoms with Crippen LogP contribution in [0, 0.1) is 10.1 Å². The van der Waals surface area contributed by atoms with Crippen LogP contribution in [0.5, 0.6) is 0 Å². The highest BCUT2D eigenvalue weighted by atomic mass is 32.2. The van der Waals surface area contributed by atoms with E-state index in [1.165, 1.54) is 17.8 Å². The van der Waals surface area contributed by atoms with Gasteiger partial charge in [0.2, 0.25) is 4.38 Å². The molecule has 0 heterocycles. The van der Waals surface area contributed by atoms with Crippen molar-refractivity contribution in [1.29, 1.82) is 0 Å². The van der Waals surface area contributed by atoms with Crippen LogP contribution >= 0.6 is 24.0 Å². The van der Waals surface area contributed by atoms with Gasteiger partial charge in [0.15, 0.2) is 0 Å². The topological polar surface area (TPSA) is 52.4 Å². The molecule has 16 heavy (non-hydrogen) atoms. The predicted octanol–water partition coefficient (Wildman–Crippen LogP) is 3.15. The van der Waals surface area contributed by atoms with E-state index in [0.29, 0.717) is 16.7 Å². The lowest BCUT2D eigenvalue weighted by Crippen LogP contribution is -1.96. The molecule has 0 aromatic heterocycles. The van der Waals surface area contributed by atoms with E-state index in [9.17, 15) is 10.1 Å². The Hall–Kier alpha value is -1.14. The maximum atomic E-state index is 10.5. The molecule has 4 nitrogen and oxygen atoms in total. The van der Waals surface area contributed by atoms with Gasteiger partial charge in [-0.2, -0.15) is 0 Å². The Balaban J connectivity index is 2.57. The van der Waals surface area contributed by atoms with Gasteiger partial charge in [0.05, 0.1) is 11.5 Å². The lowest BCUT2D eigenvalue weighted by molar-refractivity contribution is -0.384. The van der Waals surface area contributed by atoms with Crippen LogP contribution in [-0.4, -0.2) is 15.9 Å². The highest BCUT2D eigenvalue weighted by molar-refractivity contribution is 8.22. The van der Waals surface area contributed by atoms with Gasteiger partial charge in [0.25, 0.3) is 5.69 Å². The molecular formula is C10H11NO3S2. The Morgan fingerprint density at radius 2 is 2.38 bits per heavy atom. The van der Waals surface area contributed by atoms with Crippen molar-refractivity contribution in [2.24, 2.45) is 0 Å². The highest BCUT2D eigenvalue weighted by Gasteiger charge is 2.06. The number of non-ortho nitro benzene ring substituents is 1. The van der Waals surface area contributed by atoms with Crippen molar-refractivity contribution in [2.45, 2.75) is 12.7 Å². The fourth-order valence-corrected chi connectivity index (χ4v) is 2.02. The molecule has 0 atom stereocenters. The van der Waals surface area contributed by atoms with Crippen LogP contribution < -0.4 is 0 Å². The summed E-state index contributed by atoms with van der Waals surface area (Å²) in [6.07, 6.45) is 0. The first-order valence-corrected chi connectivity index (χ1v) is 6.05. The Bertz CT molecular complexity index is 395. The predicted molar refractivity (Wildman–Crippen MR) is 68.6 cm³/mol. The minimum atomic E-state index is -0.408. The number of hydrogen-bond acceptors (Lipinski definition) is 5. The molecule has 1 aromatic rings. The van der Waals surface area contributed by atoms with E-state index in [1.807, 2.05) is 13.0 Å². The lowest BCUT2D eigenvalue weighted by Gasteiger charge is -2.03. The monoisotopic (exact) mass is 257 g/mol. The number of thioether (sulfide) groups is 1. The van der Waals surface area contributed by atoms with Crippen LogP contribution in [0.1, 0.15) is 12.5 Å². The molecule has 0 saturated heterocycles. The molecule has 6 heteroatoms. The number of hydrogen-bond donors (Lipinski definition) is 0. The van der Waals surface area contributed by atoms with Crippen LogP contribution in [-0.2, 0) is 10.5 Å². The average molecular weight is 257 g/mol. The summed E-state index contributed by atoms with van der Waals surface area (Å²) in [5.74, 6) is 0.584. The summed E-state index contributed by atoms with van der Waals surface area (Å²) in [4.78, 5) is 10.1. The first-order chi connectivity index (χ1) is 7.63. The van der Waals surface area contributed by atoms with E-state index in [4.69, 9.17) is 17.0 Å². The molecular weight excluding hydrogens is 246 g/mol. The van der Waals surface area contributed by atoms with E-state index < -0.39 is 4.92 Å². The van der Waals surface area contributed by atoms with Crippen molar-refractivity contribution in [1.82, 2.24) is 0 Å². The number of nitro groups is 1. The fourth-order valence-electron chi connectivity index (χ4n) is 1.06. The molecule has 1 rings (SSSR count). The maximum absolute atomic E-state index is 10.5. The van der Waals surface area contributed by atoms with Crippen LogP contribution in [0.25, 0.3) is 0 Å². The van der Waals surface area contributed by atoms with Gasteiger partial charge in [-0.15, -0.1) is 0 Å². The molecule has 0 N–H and O–H groups in total. The standard InChI is InChI=1S/C10H11NO3S2/c1-2-14-10(15)16-7-8-4-3-5-9(6-8)11(12)13/h3-6H,2,7H2,1H3. The Morgan fingerprint density at radius 1 is 1.62 bits per heavy atom. The molecule has 0 saturated carbocycles. The molecule has 1 aromatic carbocycles. The molecule has 0 aliphatic rings. The quantitative estimate of drug-likeness (QED) is 0.471. The normalized spacial score (nSPS) is 9.81. The SMILES string of the molecule is CCOC(=S)SCc1cccc([N+](=O)[O-])c1. The molecule has 0 radical (unpaired) electrons. The molecule has 0 bridgehead atoms. The van der Waals surface area contributed by atoms with Gasteiger partial charge < -0.3 is 4.74 Å². The third-order valence-electron chi connectivity index (χ3n) is 1.74. The van der Waals surface area contributed by atoms with Gasteiger partial charge in [-0.25, -0.2) is 0 Å². The Kier molecular flexibility index (Phi) is 5.21. The lowest BCUT2D eigenvalue weighted by atomic mass is 10.2. The number of thiocarbonyl (C=S) groups is 1. The second kappa shape index (κ2) is 6.44. The molecule has 86 valence electrons. The van der Waals surface area contributed by atoms with E-state index in [1.54, 1.807) is 12.1 Å². The summed E-state index contributed by atoms with van der Waals surface area (Å²) in [6.45, 7) is 2.40.